The summed E-state index contributed by atoms with van der Waals surface area (Å²) in [5, 5.41) is 23.4. The Hall–Kier alpha value is -3.54. The van der Waals surface area contributed by atoms with E-state index in [0.29, 0.717) is 24.1 Å². The van der Waals surface area contributed by atoms with Crippen LogP contribution in [-0.4, -0.2) is 74.4 Å². The molecular formula is C28H35N5O3. The fourth-order valence-corrected chi connectivity index (χ4v) is 3.98. The highest BCUT2D eigenvalue weighted by Crippen LogP contribution is 2.30. The lowest BCUT2D eigenvalue weighted by Crippen LogP contribution is -2.36. The molecule has 1 amide bonds. The number of nitrogens with one attached hydrogen (secondary N) is 3. The van der Waals surface area contributed by atoms with E-state index in [0.717, 1.165) is 55.1 Å². The lowest BCUT2D eigenvalue weighted by atomic mass is 9.85. The maximum absolute atomic E-state index is 12.0. The summed E-state index contributed by atoms with van der Waals surface area (Å²) in [6, 6.07) is 7.55. The van der Waals surface area contributed by atoms with Gasteiger partial charge in [-0.3, -0.25) is 20.5 Å². The number of nitrogens with zero attached hydrogens (tertiary/aromatic N) is 2. The van der Waals surface area contributed by atoms with Gasteiger partial charge >= 0.3 is 0 Å². The average Bonchev–Trinajstić information content (AvgIpc) is 2.90. The number of carbonyl (C=O) groups is 1. The number of carbonyl (C=O) groups excluding carboxylic acids is 1. The van der Waals surface area contributed by atoms with Crippen molar-refractivity contribution in [2.24, 2.45) is 5.16 Å². The topological polar surface area (TPSA) is 111 Å². The number of hydrogen-bond donors (Lipinski definition) is 3. The smallest absolute Gasteiger partial charge is 0.269 e. The highest BCUT2D eigenvalue weighted by molar-refractivity contribution is 6.46. The second-order valence-corrected chi connectivity index (χ2v) is 9.04. The van der Waals surface area contributed by atoms with Crippen LogP contribution in [0.3, 0.4) is 0 Å². The van der Waals surface area contributed by atoms with E-state index in [1.165, 1.54) is 12.6 Å². The quantitative estimate of drug-likeness (QED) is 0.225. The van der Waals surface area contributed by atoms with Gasteiger partial charge in [0.25, 0.3) is 5.91 Å². The van der Waals surface area contributed by atoms with Crippen molar-refractivity contribution in [2.75, 3.05) is 46.5 Å². The van der Waals surface area contributed by atoms with Crippen molar-refractivity contribution in [1.29, 1.82) is 10.8 Å². The summed E-state index contributed by atoms with van der Waals surface area (Å²) in [4.78, 5) is 19.9. The number of ether oxygens (including phenoxy) is 1. The van der Waals surface area contributed by atoms with E-state index >= 15 is 0 Å². The van der Waals surface area contributed by atoms with Gasteiger partial charge in [-0.2, -0.15) is 0 Å². The summed E-state index contributed by atoms with van der Waals surface area (Å²) >= 11 is 0. The number of morpholine rings is 1. The van der Waals surface area contributed by atoms with E-state index in [2.05, 4.69) is 34.1 Å². The molecule has 36 heavy (non-hydrogen) atoms. The predicted molar refractivity (Wildman–Crippen MR) is 143 cm³/mol. The van der Waals surface area contributed by atoms with Crippen LogP contribution >= 0.6 is 0 Å². The van der Waals surface area contributed by atoms with Crippen LogP contribution in [0.5, 0.6) is 0 Å². The second-order valence-electron chi connectivity index (χ2n) is 9.04. The number of oxime groups is 1. The predicted octanol–water partition coefficient (Wildman–Crippen LogP) is 3.32. The molecule has 1 aromatic carbocycles. The molecule has 0 atom stereocenters. The van der Waals surface area contributed by atoms with Crippen molar-refractivity contribution in [3.8, 4) is 11.8 Å². The monoisotopic (exact) mass is 489 g/mol. The van der Waals surface area contributed by atoms with E-state index in [4.69, 9.17) is 20.4 Å². The molecule has 1 saturated heterocycles. The van der Waals surface area contributed by atoms with Gasteiger partial charge in [-0.05, 0) is 56.9 Å². The minimum absolute atomic E-state index is 0.0375. The first-order valence-corrected chi connectivity index (χ1v) is 12.1. The molecule has 0 saturated carbocycles. The summed E-state index contributed by atoms with van der Waals surface area (Å²) in [5.41, 5.74) is 6.24. The average molecular weight is 490 g/mol. The fraction of sp³-hybridized carbons (Fsp3) is 0.429. The molecule has 0 radical (unpaired) electrons. The maximum Gasteiger partial charge on any atom is 0.269 e. The molecule has 0 spiro atoms. The molecule has 1 aromatic rings. The summed E-state index contributed by atoms with van der Waals surface area (Å²) in [6.07, 6.45) is 1.19. The number of allylic oxidation sites excluding steroid dienone is 2. The fourth-order valence-electron chi connectivity index (χ4n) is 3.98. The number of benzene rings is 1. The molecule has 3 N–H and O–H groups in total. The van der Waals surface area contributed by atoms with E-state index in [1.54, 1.807) is 6.92 Å². The van der Waals surface area contributed by atoms with Crippen molar-refractivity contribution >= 4 is 23.0 Å². The summed E-state index contributed by atoms with van der Waals surface area (Å²) < 4.78 is 5.35. The zero-order valence-electron chi connectivity index (χ0n) is 21.6. The van der Waals surface area contributed by atoms with Crippen molar-refractivity contribution in [2.45, 2.75) is 33.6 Å². The second kappa shape index (κ2) is 13.0. The van der Waals surface area contributed by atoms with Crippen LogP contribution < -0.4 is 5.32 Å². The van der Waals surface area contributed by atoms with E-state index in [-0.39, 0.29) is 18.0 Å². The van der Waals surface area contributed by atoms with Crippen LogP contribution in [0.4, 0.5) is 0 Å². The number of hydrogen-bond acceptors (Lipinski definition) is 7. The molecule has 2 aliphatic rings. The molecular weight excluding hydrogens is 454 g/mol. The van der Waals surface area contributed by atoms with E-state index < -0.39 is 5.91 Å². The van der Waals surface area contributed by atoms with Crippen LogP contribution in [0.2, 0.25) is 0 Å². The molecule has 8 nitrogen and oxygen atoms in total. The van der Waals surface area contributed by atoms with Crippen molar-refractivity contribution in [3.63, 3.8) is 0 Å². The third kappa shape index (κ3) is 7.23. The van der Waals surface area contributed by atoms with Gasteiger partial charge in [0.2, 0.25) is 0 Å². The summed E-state index contributed by atoms with van der Waals surface area (Å²) in [5.74, 6) is 5.97. The molecule has 1 aliphatic heterocycles. The maximum atomic E-state index is 12.0. The Morgan fingerprint density at radius 3 is 2.44 bits per heavy atom. The zero-order chi connectivity index (χ0) is 26.1. The Kier molecular flexibility index (Phi) is 9.74. The normalized spacial score (nSPS) is 16.8. The first-order valence-electron chi connectivity index (χ1n) is 12.1. The van der Waals surface area contributed by atoms with Crippen molar-refractivity contribution in [3.05, 3.63) is 57.7 Å². The lowest BCUT2D eigenvalue weighted by Gasteiger charge is -2.24. The summed E-state index contributed by atoms with van der Waals surface area (Å²) in [7, 11) is 1.52. The highest BCUT2D eigenvalue weighted by atomic mass is 16.6. The molecule has 0 aromatic heterocycles. The minimum Gasteiger partial charge on any atom is -0.391 e. The minimum atomic E-state index is -0.412. The molecule has 1 aliphatic carbocycles. The van der Waals surface area contributed by atoms with Gasteiger partial charge in [0.1, 0.15) is 18.0 Å². The zero-order valence-corrected chi connectivity index (χ0v) is 21.6. The van der Waals surface area contributed by atoms with Crippen LogP contribution in [0.15, 0.2) is 51.7 Å². The molecule has 0 unspecified atom stereocenters. The van der Waals surface area contributed by atoms with Crippen LogP contribution in [0, 0.1) is 22.7 Å². The van der Waals surface area contributed by atoms with Crippen LogP contribution in [0.25, 0.3) is 0 Å². The Balaban J connectivity index is 1.60. The van der Waals surface area contributed by atoms with Gasteiger partial charge in [-0.15, -0.1) is 0 Å². The van der Waals surface area contributed by atoms with Gasteiger partial charge in [0.05, 0.1) is 25.5 Å². The lowest BCUT2D eigenvalue weighted by molar-refractivity contribution is -0.114. The van der Waals surface area contributed by atoms with E-state index in [1.807, 2.05) is 31.2 Å². The molecule has 1 fully saturated rings. The SMILES string of the molecule is CNC(=O)C(=N)C1=C(CO/N=C(\C)C(=N)c2ccc(C#CCN3CCOCC3)cc2)CC(C)=C(C)C1. The largest absolute Gasteiger partial charge is 0.391 e. The Bertz CT molecular complexity index is 1160. The highest BCUT2D eigenvalue weighted by Gasteiger charge is 2.23. The third-order valence-corrected chi connectivity index (χ3v) is 6.45. The van der Waals surface area contributed by atoms with Gasteiger partial charge < -0.3 is 14.9 Å². The molecule has 8 heteroatoms. The Morgan fingerprint density at radius 1 is 1.11 bits per heavy atom. The van der Waals surface area contributed by atoms with Crippen LogP contribution in [0.1, 0.15) is 44.7 Å². The molecule has 3 rings (SSSR count). The van der Waals surface area contributed by atoms with Crippen LogP contribution in [-0.2, 0) is 14.4 Å². The van der Waals surface area contributed by atoms with Gasteiger partial charge in [-0.25, -0.2) is 0 Å². The standard InChI is InChI=1S/C28H35N5O3/c1-19-16-24(25(17-20(19)2)27(30)28(34)31-4)18-36-32-21(3)26(29)23-9-7-22(8-10-23)6-5-11-33-12-14-35-15-13-33/h7-10,29-30H,11-18H2,1-4H3,(H,31,34)/b29-26?,30-27?,32-21+. The van der Waals surface area contributed by atoms with Gasteiger partial charge in [0, 0.05) is 31.3 Å². The first-order chi connectivity index (χ1) is 17.3. The molecule has 0 bridgehead atoms. The third-order valence-electron chi connectivity index (χ3n) is 6.45. The number of rotatable bonds is 8. The van der Waals surface area contributed by atoms with Crippen molar-refractivity contribution < 1.29 is 14.4 Å². The number of amides is 1. The molecule has 1 heterocycles. The molecule has 190 valence electrons. The Labute approximate surface area is 213 Å². The van der Waals surface area contributed by atoms with Gasteiger partial charge in [-0.1, -0.05) is 40.3 Å². The Morgan fingerprint density at radius 2 is 1.78 bits per heavy atom. The first kappa shape index (κ1) is 27.1. The van der Waals surface area contributed by atoms with Crippen molar-refractivity contribution in [1.82, 2.24) is 10.2 Å². The van der Waals surface area contributed by atoms with Gasteiger partial charge in [0.15, 0.2) is 0 Å². The van der Waals surface area contributed by atoms with E-state index in [9.17, 15) is 4.79 Å². The summed E-state index contributed by atoms with van der Waals surface area (Å²) in [6.45, 7) is 10.0.